The van der Waals surface area contributed by atoms with Gasteiger partial charge in [-0.15, -0.1) is 0 Å². The summed E-state index contributed by atoms with van der Waals surface area (Å²) in [5, 5.41) is 12.0. The zero-order valence-electron chi connectivity index (χ0n) is 20.6. The number of pyridine rings is 1. The molecule has 0 aliphatic heterocycles. The zero-order chi connectivity index (χ0) is 24.1. The first-order valence-electron chi connectivity index (χ1n) is 12.3. The molecule has 0 unspecified atom stereocenters. The lowest BCUT2D eigenvalue weighted by Gasteiger charge is -2.42. The number of nitrogens with one attached hydrogen (secondary N) is 1. The van der Waals surface area contributed by atoms with Gasteiger partial charge >= 0.3 is 6.09 Å². The van der Waals surface area contributed by atoms with Gasteiger partial charge in [-0.2, -0.15) is 0 Å². The van der Waals surface area contributed by atoms with Crippen LogP contribution in [0.25, 0.3) is 22.5 Å². The first-order valence-corrected chi connectivity index (χ1v) is 12.3. The van der Waals surface area contributed by atoms with Crippen LogP contribution in [-0.4, -0.2) is 16.2 Å². The first kappa shape index (κ1) is 22.6. The summed E-state index contributed by atoms with van der Waals surface area (Å²) in [6.07, 6.45) is 4.17. The second kappa shape index (κ2) is 7.97. The Kier molecular flexibility index (Phi) is 5.31. The van der Waals surface area contributed by atoms with Crippen molar-refractivity contribution in [2.24, 2.45) is 0 Å². The van der Waals surface area contributed by atoms with Crippen LogP contribution in [0.2, 0.25) is 0 Å². The van der Waals surface area contributed by atoms with E-state index in [0.717, 1.165) is 47.3 Å². The van der Waals surface area contributed by atoms with Crippen molar-refractivity contribution in [2.45, 2.75) is 76.2 Å². The van der Waals surface area contributed by atoms with Gasteiger partial charge in [0, 0.05) is 11.1 Å². The zero-order valence-corrected chi connectivity index (χ0v) is 20.6. The number of rotatable bonds is 4. The number of aromatic nitrogens is 1. The van der Waals surface area contributed by atoms with Gasteiger partial charge in [-0.25, -0.2) is 9.78 Å². The maximum atomic E-state index is 11.3. The number of fused-ring (bicyclic) bond motifs is 1. The minimum Gasteiger partial charge on any atom is -0.465 e. The van der Waals surface area contributed by atoms with Crippen LogP contribution in [0.15, 0.2) is 60.7 Å². The highest BCUT2D eigenvalue weighted by Gasteiger charge is 2.40. The number of nitrogens with zero attached hydrogens (tertiary/aromatic N) is 1. The molecule has 2 N–H and O–H groups in total. The smallest absolute Gasteiger partial charge is 0.405 e. The van der Waals surface area contributed by atoms with Crippen molar-refractivity contribution in [3.63, 3.8) is 0 Å². The van der Waals surface area contributed by atoms with E-state index < -0.39 is 11.6 Å². The van der Waals surface area contributed by atoms with Crippen LogP contribution in [0.1, 0.15) is 76.5 Å². The molecule has 1 amide bonds. The Morgan fingerprint density at radius 1 is 0.794 bits per heavy atom. The summed E-state index contributed by atoms with van der Waals surface area (Å²) in [4.78, 5) is 16.3. The maximum Gasteiger partial charge on any atom is 0.405 e. The molecule has 2 aromatic carbocycles. The Morgan fingerprint density at radius 3 is 1.97 bits per heavy atom. The van der Waals surface area contributed by atoms with E-state index in [1.807, 2.05) is 18.2 Å². The van der Waals surface area contributed by atoms with Crippen molar-refractivity contribution >= 4 is 6.09 Å². The summed E-state index contributed by atoms with van der Waals surface area (Å²) >= 11 is 0. The normalized spacial score (nSPS) is 19.5. The molecule has 2 aliphatic rings. The largest absolute Gasteiger partial charge is 0.465 e. The lowest BCUT2D eigenvalue weighted by Crippen LogP contribution is -2.50. The van der Waals surface area contributed by atoms with Crippen molar-refractivity contribution in [3.8, 4) is 22.5 Å². The predicted molar refractivity (Wildman–Crippen MR) is 137 cm³/mol. The minimum atomic E-state index is -0.963. The lowest BCUT2D eigenvalue weighted by molar-refractivity contribution is 0.144. The van der Waals surface area contributed by atoms with Gasteiger partial charge in [0.1, 0.15) is 0 Å². The van der Waals surface area contributed by atoms with E-state index in [1.165, 1.54) is 24.0 Å². The summed E-state index contributed by atoms with van der Waals surface area (Å²) in [7, 11) is 0. The molecule has 2 aliphatic carbocycles. The average molecular weight is 455 g/mol. The van der Waals surface area contributed by atoms with Crippen LogP contribution in [-0.2, 0) is 16.4 Å². The van der Waals surface area contributed by atoms with Gasteiger partial charge in [-0.1, -0.05) is 70.2 Å². The van der Waals surface area contributed by atoms with E-state index in [-0.39, 0.29) is 10.8 Å². The summed E-state index contributed by atoms with van der Waals surface area (Å²) in [6, 6.07) is 21.3. The molecular formula is C30H34N2O2. The van der Waals surface area contributed by atoms with Gasteiger partial charge in [-0.3, -0.25) is 0 Å². The van der Waals surface area contributed by atoms with E-state index in [0.29, 0.717) is 0 Å². The molecule has 176 valence electrons. The summed E-state index contributed by atoms with van der Waals surface area (Å²) in [6.45, 7) is 9.40. The number of hydrogen-bond donors (Lipinski definition) is 2. The molecule has 4 heteroatoms. The predicted octanol–water partition coefficient (Wildman–Crippen LogP) is 7.41. The van der Waals surface area contributed by atoms with Crippen LogP contribution in [0.3, 0.4) is 0 Å². The van der Waals surface area contributed by atoms with E-state index in [4.69, 9.17) is 4.98 Å². The van der Waals surface area contributed by atoms with Gasteiger partial charge in [-0.05, 0) is 77.8 Å². The Balaban J connectivity index is 1.47. The molecule has 1 fully saturated rings. The van der Waals surface area contributed by atoms with Gasteiger partial charge in [0.15, 0.2) is 0 Å². The molecule has 0 radical (unpaired) electrons. The summed E-state index contributed by atoms with van der Waals surface area (Å²) < 4.78 is 0. The van der Waals surface area contributed by atoms with E-state index >= 15 is 0 Å². The highest BCUT2D eigenvalue weighted by atomic mass is 16.4. The standard InChI is InChI=1S/C30H34N2O2/c1-28(2)17-18-29(3,4)24-19-21(11-14-23(24)28)26-8-5-7-25(31-26)20-9-12-22(13-10-20)30(15-6-16-30)32-27(33)34/h5,7-14,19,32H,6,15-18H2,1-4H3,(H,33,34). The Hall–Kier alpha value is -3.14. The van der Waals surface area contributed by atoms with Crippen LogP contribution in [0, 0.1) is 0 Å². The lowest BCUT2D eigenvalue weighted by atomic mass is 9.63. The number of hydrogen-bond acceptors (Lipinski definition) is 2. The molecule has 0 spiro atoms. The summed E-state index contributed by atoms with van der Waals surface area (Å²) in [5.74, 6) is 0. The molecule has 1 saturated carbocycles. The number of benzene rings is 2. The Morgan fingerprint density at radius 2 is 1.38 bits per heavy atom. The van der Waals surface area contributed by atoms with Gasteiger partial charge in [0.05, 0.1) is 16.9 Å². The molecular weight excluding hydrogens is 420 g/mol. The highest BCUT2D eigenvalue weighted by molar-refractivity contribution is 5.69. The second-order valence-electron chi connectivity index (χ2n) is 11.4. The molecule has 1 aromatic heterocycles. The Labute approximate surface area is 202 Å². The number of amides is 1. The van der Waals surface area contributed by atoms with Crippen molar-refractivity contribution in [1.29, 1.82) is 0 Å². The fourth-order valence-electron chi connectivity index (χ4n) is 5.69. The molecule has 0 bridgehead atoms. The molecule has 34 heavy (non-hydrogen) atoms. The number of carboxylic acid groups (broad SMARTS) is 1. The third kappa shape index (κ3) is 3.89. The van der Waals surface area contributed by atoms with Gasteiger partial charge < -0.3 is 10.4 Å². The quantitative estimate of drug-likeness (QED) is 0.431. The molecule has 0 atom stereocenters. The van der Waals surface area contributed by atoms with E-state index in [1.54, 1.807) is 0 Å². The number of carbonyl (C=O) groups is 1. The third-order valence-corrected chi connectivity index (χ3v) is 8.18. The third-order valence-electron chi connectivity index (χ3n) is 8.18. The van der Waals surface area contributed by atoms with Crippen molar-refractivity contribution < 1.29 is 9.90 Å². The first-order chi connectivity index (χ1) is 16.1. The second-order valence-corrected chi connectivity index (χ2v) is 11.4. The topological polar surface area (TPSA) is 62.2 Å². The minimum absolute atomic E-state index is 0.162. The van der Waals surface area contributed by atoms with Crippen LogP contribution >= 0.6 is 0 Å². The van der Waals surface area contributed by atoms with Crippen LogP contribution < -0.4 is 5.32 Å². The van der Waals surface area contributed by atoms with Crippen molar-refractivity contribution in [2.75, 3.05) is 0 Å². The monoisotopic (exact) mass is 454 g/mol. The average Bonchev–Trinajstić information content (AvgIpc) is 2.79. The fraction of sp³-hybridized carbons (Fsp3) is 0.400. The maximum absolute atomic E-state index is 11.3. The summed E-state index contributed by atoms with van der Waals surface area (Å²) in [5.41, 5.74) is 7.94. The van der Waals surface area contributed by atoms with Gasteiger partial charge in [0.2, 0.25) is 0 Å². The van der Waals surface area contributed by atoms with Gasteiger partial charge in [0.25, 0.3) is 0 Å². The highest BCUT2D eigenvalue weighted by Crippen LogP contribution is 2.47. The Bertz CT molecular complexity index is 1240. The molecule has 4 nitrogen and oxygen atoms in total. The fourth-order valence-corrected chi connectivity index (χ4v) is 5.69. The van der Waals surface area contributed by atoms with E-state index in [2.05, 4.69) is 75.5 Å². The molecule has 1 heterocycles. The SMILES string of the molecule is CC1(C)CCC(C)(C)c2cc(-c3cccc(-c4ccc(C5(NC(=O)O)CCC5)cc4)n3)ccc21. The molecule has 0 saturated heterocycles. The van der Waals surface area contributed by atoms with Crippen molar-refractivity contribution in [1.82, 2.24) is 10.3 Å². The van der Waals surface area contributed by atoms with E-state index in [9.17, 15) is 9.90 Å². The van der Waals surface area contributed by atoms with Crippen LogP contribution in [0.4, 0.5) is 4.79 Å². The van der Waals surface area contributed by atoms with Crippen molar-refractivity contribution in [3.05, 3.63) is 77.4 Å². The molecule has 5 rings (SSSR count). The van der Waals surface area contributed by atoms with Crippen LogP contribution in [0.5, 0.6) is 0 Å². The molecule has 3 aromatic rings.